The van der Waals surface area contributed by atoms with E-state index in [-0.39, 0.29) is 11.9 Å². The molecule has 1 aromatic carbocycles. The van der Waals surface area contributed by atoms with Crippen LogP contribution in [0, 0.1) is 5.92 Å². The predicted octanol–water partition coefficient (Wildman–Crippen LogP) is 2.28. The minimum Gasteiger partial charge on any atom is -0.347 e. The maximum absolute atomic E-state index is 12.1. The molecule has 0 radical (unpaired) electrons. The van der Waals surface area contributed by atoms with E-state index in [1.807, 2.05) is 18.2 Å². The summed E-state index contributed by atoms with van der Waals surface area (Å²) in [5.74, 6) is 0.654. The van der Waals surface area contributed by atoms with Gasteiger partial charge < -0.3 is 10.2 Å². The largest absolute Gasteiger partial charge is 0.347 e. The second kappa shape index (κ2) is 7.17. The van der Waals surface area contributed by atoms with E-state index in [9.17, 15) is 4.79 Å². The highest BCUT2D eigenvalue weighted by atomic mass is 16.2. The van der Waals surface area contributed by atoms with Crippen LogP contribution in [0.2, 0.25) is 0 Å². The van der Waals surface area contributed by atoms with Crippen LogP contribution >= 0.6 is 0 Å². The van der Waals surface area contributed by atoms with E-state index >= 15 is 0 Å². The smallest absolute Gasteiger partial charge is 0.239 e. The Morgan fingerprint density at radius 2 is 1.83 bits per heavy atom. The molecular weight excluding hydrogens is 224 g/mol. The van der Waals surface area contributed by atoms with Gasteiger partial charge in [0, 0.05) is 20.6 Å². The van der Waals surface area contributed by atoms with Crippen LogP contribution in [-0.2, 0) is 11.3 Å². The van der Waals surface area contributed by atoms with Crippen LogP contribution in [0.3, 0.4) is 0 Å². The van der Waals surface area contributed by atoms with Crippen molar-refractivity contribution < 1.29 is 4.79 Å². The first-order valence-electron chi connectivity index (χ1n) is 6.49. The van der Waals surface area contributed by atoms with Crippen LogP contribution in [0.4, 0.5) is 0 Å². The summed E-state index contributed by atoms with van der Waals surface area (Å²) in [5, 5.41) is 3.36. The van der Waals surface area contributed by atoms with Crippen LogP contribution in [0.15, 0.2) is 30.3 Å². The average Bonchev–Trinajstić information content (AvgIpc) is 2.34. The summed E-state index contributed by atoms with van der Waals surface area (Å²) in [5.41, 5.74) is 1.21. The van der Waals surface area contributed by atoms with Crippen molar-refractivity contribution in [1.82, 2.24) is 10.2 Å². The third-order valence-corrected chi connectivity index (χ3v) is 2.84. The lowest BCUT2D eigenvalue weighted by molar-refractivity contribution is -0.131. The van der Waals surface area contributed by atoms with Gasteiger partial charge in [-0.1, -0.05) is 44.2 Å². The number of rotatable bonds is 6. The number of hydrogen-bond acceptors (Lipinski definition) is 2. The zero-order valence-corrected chi connectivity index (χ0v) is 11.8. The fourth-order valence-corrected chi connectivity index (χ4v) is 1.89. The second-order valence-electron chi connectivity index (χ2n) is 5.28. The van der Waals surface area contributed by atoms with E-state index in [0.717, 1.165) is 13.0 Å². The summed E-state index contributed by atoms with van der Waals surface area (Å²) in [6, 6.07) is 10.1. The van der Waals surface area contributed by atoms with Gasteiger partial charge in [-0.3, -0.25) is 4.79 Å². The van der Waals surface area contributed by atoms with Crippen molar-refractivity contribution in [2.45, 2.75) is 32.9 Å². The van der Waals surface area contributed by atoms with Gasteiger partial charge in [0.15, 0.2) is 0 Å². The molecule has 3 heteroatoms. The maximum atomic E-state index is 12.1. The van der Waals surface area contributed by atoms with Gasteiger partial charge in [0.25, 0.3) is 0 Å². The lowest BCUT2D eigenvalue weighted by Crippen LogP contribution is -2.44. The van der Waals surface area contributed by atoms with Crippen molar-refractivity contribution in [3.8, 4) is 0 Å². The summed E-state index contributed by atoms with van der Waals surface area (Å²) >= 11 is 0. The molecule has 100 valence electrons. The number of carbonyl (C=O) groups excluding carboxylic acids is 1. The Bertz CT molecular complexity index is 360. The van der Waals surface area contributed by atoms with Gasteiger partial charge in [0.2, 0.25) is 5.91 Å². The van der Waals surface area contributed by atoms with Crippen LogP contribution in [-0.4, -0.2) is 30.9 Å². The molecule has 0 aliphatic rings. The summed E-state index contributed by atoms with van der Waals surface area (Å²) in [6.45, 7) is 5.01. The first-order valence-corrected chi connectivity index (χ1v) is 6.49. The van der Waals surface area contributed by atoms with Gasteiger partial charge >= 0.3 is 0 Å². The first-order chi connectivity index (χ1) is 8.50. The molecular formula is C15H24N2O. The Labute approximate surface area is 110 Å². The molecule has 1 N–H and O–H groups in total. The number of benzene rings is 1. The lowest BCUT2D eigenvalue weighted by atomic mass is 10.0. The highest BCUT2D eigenvalue weighted by molar-refractivity contribution is 5.81. The molecule has 1 atom stereocenters. The topological polar surface area (TPSA) is 32.3 Å². The third kappa shape index (κ3) is 4.88. The summed E-state index contributed by atoms with van der Waals surface area (Å²) in [6.07, 6.45) is 0.865. The van der Waals surface area contributed by atoms with E-state index in [1.165, 1.54) is 5.56 Å². The van der Waals surface area contributed by atoms with E-state index in [0.29, 0.717) is 5.92 Å². The Hall–Kier alpha value is -1.35. The van der Waals surface area contributed by atoms with Crippen molar-refractivity contribution in [3.63, 3.8) is 0 Å². The van der Waals surface area contributed by atoms with E-state index in [1.54, 1.807) is 19.0 Å². The number of nitrogens with zero attached hydrogens (tertiary/aromatic N) is 1. The normalized spacial score (nSPS) is 12.5. The third-order valence-electron chi connectivity index (χ3n) is 2.84. The number of amides is 1. The van der Waals surface area contributed by atoms with E-state index in [2.05, 4.69) is 31.3 Å². The van der Waals surface area contributed by atoms with Gasteiger partial charge in [-0.2, -0.15) is 0 Å². The molecule has 18 heavy (non-hydrogen) atoms. The van der Waals surface area contributed by atoms with Gasteiger partial charge in [-0.15, -0.1) is 0 Å². The monoisotopic (exact) mass is 248 g/mol. The van der Waals surface area contributed by atoms with Crippen molar-refractivity contribution >= 4 is 5.91 Å². The van der Waals surface area contributed by atoms with Gasteiger partial charge in [-0.25, -0.2) is 0 Å². The minimum absolute atomic E-state index is 0.0970. The zero-order valence-electron chi connectivity index (χ0n) is 11.8. The number of carbonyl (C=O) groups is 1. The fourth-order valence-electron chi connectivity index (χ4n) is 1.89. The predicted molar refractivity (Wildman–Crippen MR) is 75.2 cm³/mol. The Kier molecular flexibility index (Phi) is 5.86. The molecule has 0 aliphatic heterocycles. The van der Waals surface area contributed by atoms with Crippen LogP contribution < -0.4 is 5.32 Å². The molecule has 0 heterocycles. The van der Waals surface area contributed by atoms with Crippen LogP contribution in [0.5, 0.6) is 0 Å². The van der Waals surface area contributed by atoms with Gasteiger partial charge in [-0.05, 0) is 17.9 Å². The maximum Gasteiger partial charge on any atom is 0.239 e. The van der Waals surface area contributed by atoms with Crippen molar-refractivity contribution in [2.75, 3.05) is 14.1 Å². The SMILES string of the molecule is CC(C)CC(NCc1ccccc1)C(=O)N(C)C. The van der Waals surface area contributed by atoms with Crippen LogP contribution in [0.1, 0.15) is 25.8 Å². The molecule has 0 fully saturated rings. The number of hydrogen-bond donors (Lipinski definition) is 1. The minimum atomic E-state index is -0.0970. The van der Waals surface area contributed by atoms with E-state index < -0.39 is 0 Å². The fraction of sp³-hybridized carbons (Fsp3) is 0.533. The Morgan fingerprint density at radius 3 is 2.33 bits per heavy atom. The van der Waals surface area contributed by atoms with Gasteiger partial charge in [0.05, 0.1) is 6.04 Å². The molecule has 0 saturated carbocycles. The zero-order chi connectivity index (χ0) is 13.5. The molecule has 0 saturated heterocycles. The molecule has 1 rings (SSSR count). The Balaban J connectivity index is 2.59. The molecule has 1 unspecified atom stereocenters. The number of likely N-dealkylation sites (N-methyl/N-ethyl adjacent to an activating group) is 1. The molecule has 1 amide bonds. The summed E-state index contributed by atoms with van der Waals surface area (Å²) < 4.78 is 0. The van der Waals surface area contributed by atoms with Crippen molar-refractivity contribution in [3.05, 3.63) is 35.9 Å². The molecule has 0 bridgehead atoms. The van der Waals surface area contributed by atoms with Crippen molar-refractivity contribution in [1.29, 1.82) is 0 Å². The Morgan fingerprint density at radius 1 is 1.22 bits per heavy atom. The van der Waals surface area contributed by atoms with Crippen molar-refractivity contribution in [2.24, 2.45) is 5.92 Å². The lowest BCUT2D eigenvalue weighted by Gasteiger charge is -2.23. The molecule has 0 aliphatic carbocycles. The standard InChI is InChI=1S/C15H24N2O/c1-12(2)10-14(15(18)17(3)4)16-11-13-8-6-5-7-9-13/h5-9,12,14,16H,10-11H2,1-4H3. The molecule has 3 nitrogen and oxygen atoms in total. The summed E-state index contributed by atoms with van der Waals surface area (Å²) in [7, 11) is 3.61. The first kappa shape index (κ1) is 14.7. The quantitative estimate of drug-likeness (QED) is 0.837. The average molecular weight is 248 g/mol. The number of nitrogens with one attached hydrogen (secondary N) is 1. The molecule has 0 aromatic heterocycles. The highest BCUT2D eigenvalue weighted by Gasteiger charge is 2.20. The van der Waals surface area contributed by atoms with E-state index in [4.69, 9.17) is 0 Å². The van der Waals surface area contributed by atoms with Crippen LogP contribution in [0.25, 0.3) is 0 Å². The molecule has 0 spiro atoms. The molecule has 1 aromatic rings. The summed E-state index contributed by atoms with van der Waals surface area (Å²) in [4.78, 5) is 13.7. The highest BCUT2D eigenvalue weighted by Crippen LogP contribution is 2.08. The second-order valence-corrected chi connectivity index (χ2v) is 5.28. The van der Waals surface area contributed by atoms with Gasteiger partial charge in [0.1, 0.15) is 0 Å².